The Kier molecular flexibility index (Phi) is 2.22. The van der Waals surface area contributed by atoms with Crippen LogP contribution < -0.4 is 0 Å². The molecule has 0 saturated carbocycles. The number of hydrogen-bond acceptors (Lipinski definition) is 2. The Morgan fingerprint density at radius 1 is 0.833 bits per heavy atom. The molecular formula is C14H18N2O2. The van der Waals surface area contributed by atoms with Crippen molar-refractivity contribution in [3.63, 3.8) is 0 Å². The van der Waals surface area contributed by atoms with Gasteiger partial charge in [-0.25, -0.2) is 0 Å². The fourth-order valence-electron chi connectivity index (χ4n) is 3.76. The van der Waals surface area contributed by atoms with Crippen LogP contribution in [-0.2, 0) is 9.59 Å². The molecule has 4 heteroatoms. The van der Waals surface area contributed by atoms with Crippen molar-refractivity contribution in [3.8, 4) is 0 Å². The zero-order valence-electron chi connectivity index (χ0n) is 11.2. The van der Waals surface area contributed by atoms with Crippen LogP contribution in [0.25, 0.3) is 0 Å². The van der Waals surface area contributed by atoms with E-state index >= 15 is 0 Å². The van der Waals surface area contributed by atoms with Crippen LogP contribution in [-0.4, -0.2) is 47.8 Å². The number of nitrogens with zero attached hydrogens (tertiary/aromatic N) is 2. The summed E-state index contributed by atoms with van der Waals surface area (Å²) in [6, 6.07) is -0.222. The first kappa shape index (κ1) is 11.5. The summed E-state index contributed by atoms with van der Waals surface area (Å²) in [6.07, 6.45) is 4.12. The van der Waals surface area contributed by atoms with Crippen LogP contribution in [0.5, 0.6) is 0 Å². The Morgan fingerprint density at radius 3 is 1.50 bits per heavy atom. The minimum atomic E-state index is -0.224. The number of carbonyl (C=O) groups excluding carboxylic acids is 2. The molecule has 1 aliphatic carbocycles. The highest BCUT2D eigenvalue weighted by atomic mass is 16.2. The van der Waals surface area contributed by atoms with E-state index in [9.17, 15) is 9.59 Å². The van der Waals surface area contributed by atoms with Gasteiger partial charge in [0.1, 0.15) is 0 Å². The highest BCUT2D eigenvalue weighted by Crippen LogP contribution is 2.40. The molecule has 1 saturated heterocycles. The summed E-state index contributed by atoms with van der Waals surface area (Å²) in [4.78, 5) is 28.3. The lowest BCUT2D eigenvalue weighted by Crippen LogP contribution is -2.63. The summed E-state index contributed by atoms with van der Waals surface area (Å²) in [6.45, 7) is 4.05. The summed E-state index contributed by atoms with van der Waals surface area (Å²) in [5.41, 5.74) is 2.28. The van der Waals surface area contributed by atoms with E-state index in [0.717, 1.165) is 11.1 Å². The van der Waals surface area contributed by atoms with Crippen molar-refractivity contribution in [1.29, 1.82) is 0 Å². The SMILES string of the molecule is CC1=CC2C(=O)N(C)C1C1C=C(C)C2N(C)C1=O. The minimum absolute atomic E-state index is 0.111. The Morgan fingerprint density at radius 2 is 1.17 bits per heavy atom. The summed E-state index contributed by atoms with van der Waals surface area (Å²) in [7, 11) is 3.63. The Hall–Kier alpha value is -1.58. The molecule has 6 rings (SSSR count). The van der Waals surface area contributed by atoms with Gasteiger partial charge in [-0.2, -0.15) is 0 Å². The average Bonchev–Trinajstić information content (AvgIpc) is 2.30. The van der Waals surface area contributed by atoms with Crippen molar-refractivity contribution in [2.75, 3.05) is 14.1 Å². The summed E-state index contributed by atoms with van der Waals surface area (Å²) in [5.74, 6) is -0.185. The lowest BCUT2D eigenvalue weighted by Gasteiger charge is -2.50. The van der Waals surface area contributed by atoms with E-state index in [0.29, 0.717) is 0 Å². The molecule has 5 aliphatic heterocycles. The third-order valence-electron chi connectivity index (χ3n) is 4.60. The van der Waals surface area contributed by atoms with Crippen LogP contribution in [0.15, 0.2) is 23.3 Å². The molecule has 1 fully saturated rings. The molecule has 0 radical (unpaired) electrons. The smallest absolute Gasteiger partial charge is 0.232 e. The fraction of sp³-hybridized carbons (Fsp3) is 0.571. The number of carbonyl (C=O) groups is 2. The molecule has 4 nitrogen and oxygen atoms in total. The molecule has 0 aromatic rings. The molecule has 96 valence electrons. The van der Waals surface area contributed by atoms with E-state index in [-0.39, 0.29) is 35.7 Å². The Balaban J connectivity index is 2.25. The third kappa shape index (κ3) is 1.21. The molecule has 18 heavy (non-hydrogen) atoms. The second kappa shape index (κ2) is 3.46. The molecule has 2 amide bonds. The summed E-state index contributed by atoms with van der Waals surface area (Å²) in [5, 5.41) is 0. The second-order valence-electron chi connectivity index (χ2n) is 5.66. The molecule has 4 bridgehead atoms. The lowest BCUT2D eigenvalue weighted by atomic mass is 9.73. The van der Waals surface area contributed by atoms with Gasteiger partial charge in [0.05, 0.1) is 23.9 Å². The lowest BCUT2D eigenvalue weighted by molar-refractivity contribution is -0.149. The van der Waals surface area contributed by atoms with Crippen molar-refractivity contribution in [3.05, 3.63) is 23.3 Å². The van der Waals surface area contributed by atoms with Crippen LogP contribution in [0.4, 0.5) is 0 Å². The second-order valence-corrected chi connectivity index (χ2v) is 5.66. The quantitative estimate of drug-likeness (QED) is 0.593. The largest absolute Gasteiger partial charge is 0.337 e. The molecule has 4 unspecified atom stereocenters. The predicted molar refractivity (Wildman–Crippen MR) is 67.6 cm³/mol. The van der Waals surface area contributed by atoms with Gasteiger partial charge in [-0.3, -0.25) is 9.59 Å². The average molecular weight is 246 g/mol. The van der Waals surface area contributed by atoms with Crippen molar-refractivity contribution in [2.24, 2.45) is 11.8 Å². The Bertz CT molecular complexity index is 460. The Labute approximate surface area is 107 Å². The van der Waals surface area contributed by atoms with Gasteiger partial charge in [-0.15, -0.1) is 0 Å². The van der Waals surface area contributed by atoms with Gasteiger partial charge in [-0.05, 0) is 13.8 Å². The van der Waals surface area contributed by atoms with E-state index in [4.69, 9.17) is 0 Å². The predicted octanol–water partition coefficient (Wildman–Crippen LogP) is 0.806. The van der Waals surface area contributed by atoms with Gasteiger partial charge in [0.2, 0.25) is 11.8 Å². The standard InChI is InChI=1S/C14H18N2O2/c1-7-5-9-12-8(2)6-10(14(18)16(12)4)11(7)15(3)13(9)17/h5-6,9-12H,1-4H3. The van der Waals surface area contributed by atoms with Crippen molar-refractivity contribution < 1.29 is 9.59 Å². The highest BCUT2D eigenvalue weighted by Gasteiger charge is 2.50. The highest BCUT2D eigenvalue weighted by molar-refractivity contribution is 5.92. The summed E-state index contributed by atoms with van der Waals surface area (Å²) >= 11 is 0. The van der Waals surface area contributed by atoms with Gasteiger partial charge >= 0.3 is 0 Å². The number of hydrogen-bond donors (Lipinski definition) is 0. The molecule has 5 heterocycles. The topological polar surface area (TPSA) is 40.6 Å². The number of likely N-dealkylation sites (N-methyl/N-ethyl adjacent to an activating group) is 2. The molecule has 0 spiro atoms. The van der Waals surface area contributed by atoms with Crippen molar-refractivity contribution >= 4 is 11.8 Å². The van der Waals surface area contributed by atoms with Gasteiger partial charge in [-0.1, -0.05) is 23.3 Å². The first-order valence-electron chi connectivity index (χ1n) is 6.33. The van der Waals surface area contributed by atoms with E-state index in [1.807, 2.05) is 27.9 Å². The third-order valence-corrected chi connectivity index (χ3v) is 4.60. The monoisotopic (exact) mass is 246 g/mol. The number of amides is 2. The van der Waals surface area contributed by atoms with Crippen molar-refractivity contribution in [1.82, 2.24) is 9.80 Å². The zero-order chi connectivity index (χ0) is 13.2. The first-order chi connectivity index (χ1) is 8.43. The number of rotatable bonds is 0. The molecule has 0 N–H and O–H groups in total. The fourth-order valence-corrected chi connectivity index (χ4v) is 3.76. The normalized spacial score (nSPS) is 38.7. The van der Waals surface area contributed by atoms with Crippen LogP contribution >= 0.6 is 0 Å². The van der Waals surface area contributed by atoms with E-state index in [2.05, 4.69) is 12.2 Å². The molecule has 6 aliphatic rings. The molecule has 4 atom stereocenters. The van der Waals surface area contributed by atoms with Crippen LogP contribution in [0.2, 0.25) is 0 Å². The first-order valence-corrected chi connectivity index (χ1v) is 6.33. The van der Waals surface area contributed by atoms with E-state index in [1.54, 1.807) is 9.80 Å². The van der Waals surface area contributed by atoms with Gasteiger partial charge in [0, 0.05) is 14.1 Å². The van der Waals surface area contributed by atoms with E-state index in [1.165, 1.54) is 0 Å². The molecule has 0 aromatic heterocycles. The maximum absolute atomic E-state index is 12.4. The minimum Gasteiger partial charge on any atom is -0.337 e. The van der Waals surface area contributed by atoms with E-state index < -0.39 is 0 Å². The van der Waals surface area contributed by atoms with Crippen LogP contribution in [0, 0.1) is 11.8 Å². The van der Waals surface area contributed by atoms with Crippen LogP contribution in [0.1, 0.15) is 13.8 Å². The zero-order valence-corrected chi connectivity index (χ0v) is 11.2. The maximum Gasteiger partial charge on any atom is 0.232 e. The molecule has 0 aromatic carbocycles. The van der Waals surface area contributed by atoms with Gasteiger partial charge in [0.15, 0.2) is 0 Å². The molecular weight excluding hydrogens is 228 g/mol. The van der Waals surface area contributed by atoms with Gasteiger partial charge < -0.3 is 9.80 Å². The maximum atomic E-state index is 12.4. The van der Waals surface area contributed by atoms with Crippen molar-refractivity contribution in [2.45, 2.75) is 25.9 Å². The van der Waals surface area contributed by atoms with Gasteiger partial charge in [0.25, 0.3) is 0 Å². The summed E-state index contributed by atoms with van der Waals surface area (Å²) < 4.78 is 0. The van der Waals surface area contributed by atoms with Crippen LogP contribution in [0.3, 0.4) is 0 Å².